The van der Waals surface area contributed by atoms with Gasteiger partial charge in [-0.3, -0.25) is 4.79 Å². The number of aromatic nitrogens is 5. The highest BCUT2D eigenvalue weighted by molar-refractivity contribution is 7.89. The molecule has 1 atom stereocenters. The number of hydrogen-bond acceptors (Lipinski definition) is 7. The molecule has 4 heterocycles. The number of sulfonamides is 1. The number of piperidine rings is 1. The van der Waals surface area contributed by atoms with Crippen molar-refractivity contribution in [1.82, 2.24) is 34.2 Å². The summed E-state index contributed by atoms with van der Waals surface area (Å²) in [4.78, 5) is 15.9. The Morgan fingerprint density at radius 3 is 2.93 bits per heavy atom. The van der Waals surface area contributed by atoms with E-state index in [0.29, 0.717) is 38.4 Å². The SMILES string of the molecule is Cn1cnc(S(=O)(=O)N2CCCC3(C2)Cn2nnc(CNC(=O)C4CC4)c2CO3)c1. The fraction of sp³-hybridized carbons (Fsp3) is 0.667. The molecular weight excluding hydrogens is 410 g/mol. The lowest BCUT2D eigenvalue weighted by Crippen LogP contribution is -2.55. The van der Waals surface area contributed by atoms with E-state index in [1.165, 1.54) is 16.8 Å². The molecule has 162 valence electrons. The number of carbonyl (C=O) groups excluding carboxylic acids is 1. The summed E-state index contributed by atoms with van der Waals surface area (Å²) >= 11 is 0. The van der Waals surface area contributed by atoms with Crippen molar-refractivity contribution in [2.75, 3.05) is 13.1 Å². The summed E-state index contributed by atoms with van der Waals surface area (Å²) < 4.78 is 37.1. The first-order valence-corrected chi connectivity index (χ1v) is 11.6. The Morgan fingerprint density at radius 1 is 1.37 bits per heavy atom. The molecule has 1 amide bonds. The molecule has 12 heteroatoms. The topological polar surface area (TPSA) is 124 Å². The minimum atomic E-state index is -3.68. The van der Waals surface area contributed by atoms with Crippen molar-refractivity contribution in [3.8, 4) is 0 Å². The van der Waals surface area contributed by atoms with Gasteiger partial charge in [0.15, 0.2) is 5.03 Å². The Bertz CT molecular complexity index is 1070. The smallest absolute Gasteiger partial charge is 0.262 e. The van der Waals surface area contributed by atoms with E-state index in [1.807, 2.05) is 0 Å². The molecule has 1 N–H and O–H groups in total. The molecule has 0 bridgehead atoms. The van der Waals surface area contributed by atoms with E-state index < -0.39 is 15.6 Å². The maximum Gasteiger partial charge on any atom is 0.262 e. The predicted molar refractivity (Wildman–Crippen MR) is 103 cm³/mol. The molecule has 2 fully saturated rings. The minimum Gasteiger partial charge on any atom is -0.365 e. The van der Waals surface area contributed by atoms with Crippen LogP contribution < -0.4 is 5.32 Å². The lowest BCUT2D eigenvalue weighted by Gasteiger charge is -2.43. The van der Waals surface area contributed by atoms with E-state index in [-0.39, 0.29) is 23.4 Å². The van der Waals surface area contributed by atoms with Crippen molar-refractivity contribution < 1.29 is 17.9 Å². The highest BCUT2D eigenvalue weighted by Crippen LogP contribution is 2.34. The van der Waals surface area contributed by atoms with Gasteiger partial charge in [0.1, 0.15) is 11.3 Å². The molecule has 30 heavy (non-hydrogen) atoms. The fourth-order valence-corrected chi connectivity index (χ4v) is 5.67. The van der Waals surface area contributed by atoms with E-state index in [2.05, 4.69) is 20.6 Å². The van der Waals surface area contributed by atoms with Crippen LogP contribution in [0.15, 0.2) is 17.6 Å². The molecular formula is C18H25N7O4S. The van der Waals surface area contributed by atoms with E-state index in [1.54, 1.807) is 16.3 Å². The molecule has 1 saturated carbocycles. The zero-order valence-electron chi connectivity index (χ0n) is 16.8. The van der Waals surface area contributed by atoms with Gasteiger partial charge >= 0.3 is 0 Å². The first-order chi connectivity index (χ1) is 14.4. The van der Waals surface area contributed by atoms with Crippen molar-refractivity contribution in [3.05, 3.63) is 23.9 Å². The summed E-state index contributed by atoms with van der Waals surface area (Å²) in [6.45, 7) is 1.74. The zero-order chi connectivity index (χ0) is 20.9. The van der Waals surface area contributed by atoms with Crippen LogP contribution in [0.25, 0.3) is 0 Å². The number of ether oxygens (including phenoxy) is 1. The highest BCUT2D eigenvalue weighted by Gasteiger charge is 2.45. The van der Waals surface area contributed by atoms with Gasteiger partial charge in [-0.05, 0) is 25.7 Å². The second-order valence-electron chi connectivity index (χ2n) is 8.42. The van der Waals surface area contributed by atoms with Gasteiger partial charge in [-0.2, -0.15) is 4.31 Å². The van der Waals surface area contributed by atoms with Crippen LogP contribution in [0.5, 0.6) is 0 Å². The first-order valence-electron chi connectivity index (χ1n) is 10.2. The maximum absolute atomic E-state index is 13.0. The lowest BCUT2D eigenvalue weighted by molar-refractivity contribution is -0.122. The van der Waals surface area contributed by atoms with E-state index in [9.17, 15) is 13.2 Å². The van der Waals surface area contributed by atoms with Crippen molar-refractivity contribution in [1.29, 1.82) is 0 Å². The molecule has 1 saturated heterocycles. The van der Waals surface area contributed by atoms with E-state index in [0.717, 1.165) is 25.0 Å². The largest absolute Gasteiger partial charge is 0.365 e. The Hall–Kier alpha value is -2.31. The number of nitrogens with one attached hydrogen (secondary N) is 1. The molecule has 2 aliphatic heterocycles. The Morgan fingerprint density at radius 2 is 2.20 bits per heavy atom. The maximum atomic E-state index is 13.0. The van der Waals surface area contributed by atoms with Gasteiger partial charge in [0, 0.05) is 32.3 Å². The number of fused-ring (bicyclic) bond motifs is 1. The van der Waals surface area contributed by atoms with Crippen LogP contribution in [-0.2, 0) is 46.3 Å². The summed E-state index contributed by atoms with van der Waals surface area (Å²) in [5.74, 6) is 0.206. The third-order valence-corrected chi connectivity index (χ3v) is 7.77. The standard InChI is InChI=1S/C18H25N7O4S/c1-23-8-16(20-12-23)30(27,28)24-6-2-5-18(10-24)11-25-15(9-29-18)14(21-22-25)7-19-17(26)13-3-4-13/h8,12-13H,2-7,9-11H2,1H3,(H,19,26). The third kappa shape index (κ3) is 3.52. The molecule has 0 aromatic carbocycles. The summed E-state index contributed by atoms with van der Waals surface area (Å²) in [5.41, 5.74) is 0.893. The molecule has 1 aliphatic carbocycles. The Kier molecular flexibility index (Phi) is 4.67. The molecule has 1 unspecified atom stereocenters. The van der Waals surface area contributed by atoms with Crippen LogP contribution in [0.1, 0.15) is 37.1 Å². The number of rotatable bonds is 5. The minimum absolute atomic E-state index is 0.0491. The quantitative estimate of drug-likeness (QED) is 0.689. The molecule has 2 aromatic rings. The van der Waals surface area contributed by atoms with Gasteiger partial charge in [-0.1, -0.05) is 5.21 Å². The highest BCUT2D eigenvalue weighted by atomic mass is 32.2. The Labute approximate surface area is 174 Å². The fourth-order valence-electron chi connectivity index (χ4n) is 4.16. The van der Waals surface area contributed by atoms with Crippen LogP contribution in [0.3, 0.4) is 0 Å². The van der Waals surface area contributed by atoms with Gasteiger partial charge < -0.3 is 14.6 Å². The molecule has 3 aliphatic rings. The Balaban J connectivity index is 1.30. The molecule has 5 rings (SSSR count). The first kappa shape index (κ1) is 19.6. The van der Waals surface area contributed by atoms with Crippen LogP contribution in [0.2, 0.25) is 0 Å². The number of imidazole rings is 1. The van der Waals surface area contributed by atoms with Crippen molar-refractivity contribution in [2.24, 2.45) is 13.0 Å². The van der Waals surface area contributed by atoms with Gasteiger partial charge in [-0.15, -0.1) is 5.10 Å². The normalized spacial score (nSPS) is 24.7. The van der Waals surface area contributed by atoms with Gasteiger partial charge in [0.05, 0.1) is 31.7 Å². The second-order valence-corrected chi connectivity index (χ2v) is 10.3. The van der Waals surface area contributed by atoms with Gasteiger partial charge in [-0.25, -0.2) is 18.1 Å². The second kappa shape index (κ2) is 7.13. The number of carbonyl (C=O) groups is 1. The molecule has 1 spiro atoms. The zero-order valence-corrected chi connectivity index (χ0v) is 17.6. The number of hydrogen-bond donors (Lipinski definition) is 1. The summed E-state index contributed by atoms with van der Waals surface area (Å²) in [6.07, 6.45) is 6.34. The molecule has 11 nitrogen and oxygen atoms in total. The predicted octanol–water partition coefficient (Wildman–Crippen LogP) is -0.208. The van der Waals surface area contributed by atoms with E-state index in [4.69, 9.17) is 4.74 Å². The molecule has 2 aromatic heterocycles. The molecule has 0 radical (unpaired) electrons. The average molecular weight is 436 g/mol. The van der Waals surface area contributed by atoms with Crippen molar-refractivity contribution in [2.45, 2.75) is 56.0 Å². The van der Waals surface area contributed by atoms with Crippen LogP contribution in [0.4, 0.5) is 0 Å². The van der Waals surface area contributed by atoms with Crippen molar-refractivity contribution in [3.63, 3.8) is 0 Å². The summed E-state index contributed by atoms with van der Waals surface area (Å²) in [7, 11) is -1.94. The van der Waals surface area contributed by atoms with E-state index >= 15 is 0 Å². The third-order valence-electron chi connectivity index (χ3n) is 6.04. The van der Waals surface area contributed by atoms with Gasteiger partial charge in [0.25, 0.3) is 10.0 Å². The summed E-state index contributed by atoms with van der Waals surface area (Å²) in [5, 5.41) is 11.4. The lowest BCUT2D eigenvalue weighted by atomic mass is 9.92. The van der Waals surface area contributed by atoms with Crippen LogP contribution in [-0.4, -0.2) is 61.9 Å². The number of amides is 1. The van der Waals surface area contributed by atoms with Crippen LogP contribution in [0, 0.1) is 5.92 Å². The van der Waals surface area contributed by atoms with Crippen LogP contribution >= 0.6 is 0 Å². The van der Waals surface area contributed by atoms with Gasteiger partial charge in [0.2, 0.25) is 5.91 Å². The van der Waals surface area contributed by atoms with Crippen molar-refractivity contribution >= 4 is 15.9 Å². The monoisotopic (exact) mass is 435 g/mol. The average Bonchev–Trinajstić information content (AvgIpc) is 3.37. The summed E-state index contributed by atoms with van der Waals surface area (Å²) in [6, 6.07) is 0. The number of nitrogens with zero attached hydrogens (tertiary/aromatic N) is 6. The number of aryl methyl sites for hydroxylation is 1.